The summed E-state index contributed by atoms with van der Waals surface area (Å²) in [6.07, 6.45) is 4.57. The molecule has 0 bridgehead atoms. The van der Waals surface area contributed by atoms with E-state index in [0.29, 0.717) is 25.2 Å². The van der Waals surface area contributed by atoms with E-state index in [0.717, 1.165) is 37.8 Å². The molecule has 1 aliphatic heterocycles. The van der Waals surface area contributed by atoms with Crippen LogP contribution in [0.1, 0.15) is 44.1 Å². The summed E-state index contributed by atoms with van der Waals surface area (Å²) in [5.74, 6) is 0.324. The van der Waals surface area contributed by atoms with Crippen LogP contribution >= 0.6 is 0 Å². The summed E-state index contributed by atoms with van der Waals surface area (Å²) < 4.78 is 5.47. The fourth-order valence-electron chi connectivity index (χ4n) is 3.53. The number of ether oxygens (including phenoxy) is 1. The zero-order valence-electron chi connectivity index (χ0n) is 12.2. The van der Waals surface area contributed by atoms with E-state index in [2.05, 4.69) is 0 Å². The van der Waals surface area contributed by atoms with Crippen LogP contribution in [0.5, 0.6) is 0 Å². The Labute approximate surface area is 125 Å². The SMILES string of the molecule is O=C1CCC2(CCCN2C(=O)OCc2ccccc2)CC1. The lowest BCUT2D eigenvalue weighted by molar-refractivity contribution is -0.122. The molecule has 0 N–H and O–H groups in total. The Kier molecular flexibility index (Phi) is 3.95. The molecular formula is C17H21NO3. The average molecular weight is 287 g/mol. The third kappa shape index (κ3) is 2.94. The van der Waals surface area contributed by atoms with E-state index in [1.54, 1.807) is 0 Å². The first-order valence-corrected chi connectivity index (χ1v) is 7.70. The van der Waals surface area contributed by atoms with Crippen LogP contribution in [-0.2, 0) is 16.1 Å². The van der Waals surface area contributed by atoms with E-state index < -0.39 is 0 Å². The number of hydrogen-bond acceptors (Lipinski definition) is 3. The second-order valence-corrected chi connectivity index (χ2v) is 6.06. The molecule has 0 atom stereocenters. The number of likely N-dealkylation sites (tertiary alicyclic amines) is 1. The first kappa shape index (κ1) is 14.1. The maximum atomic E-state index is 12.4. The molecule has 1 heterocycles. The Morgan fingerprint density at radius 2 is 1.86 bits per heavy atom. The van der Waals surface area contributed by atoms with Crippen molar-refractivity contribution >= 4 is 11.9 Å². The summed E-state index contributed by atoms with van der Waals surface area (Å²) >= 11 is 0. The molecule has 4 nitrogen and oxygen atoms in total. The lowest BCUT2D eigenvalue weighted by atomic mass is 9.79. The van der Waals surface area contributed by atoms with Gasteiger partial charge in [0.25, 0.3) is 0 Å². The van der Waals surface area contributed by atoms with Crippen molar-refractivity contribution in [2.75, 3.05) is 6.54 Å². The van der Waals surface area contributed by atoms with Crippen molar-refractivity contribution in [2.45, 2.75) is 50.7 Å². The number of rotatable bonds is 2. The van der Waals surface area contributed by atoms with Crippen molar-refractivity contribution < 1.29 is 14.3 Å². The molecule has 1 saturated heterocycles. The standard InChI is InChI=1S/C17H21NO3/c19-15-7-10-17(11-8-15)9-4-12-18(17)16(20)21-13-14-5-2-1-3-6-14/h1-3,5-6H,4,7-13H2. The van der Waals surface area contributed by atoms with E-state index in [9.17, 15) is 9.59 Å². The predicted octanol–water partition coefficient (Wildman–Crippen LogP) is 3.30. The van der Waals surface area contributed by atoms with Gasteiger partial charge >= 0.3 is 6.09 Å². The van der Waals surface area contributed by atoms with Crippen LogP contribution in [0.25, 0.3) is 0 Å². The first-order chi connectivity index (χ1) is 10.2. The van der Waals surface area contributed by atoms with Gasteiger partial charge in [0.15, 0.2) is 0 Å². The molecule has 1 aliphatic carbocycles. The van der Waals surface area contributed by atoms with Gasteiger partial charge in [-0.15, -0.1) is 0 Å². The molecule has 1 saturated carbocycles. The van der Waals surface area contributed by atoms with Crippen LogP contribution in [0.2, 0.25) is 0 Å². The van der Waals surface area contributed by atoms with Gasteiger partial charge in [0.1, 0.15) is 12.4 Å². The molecule has 4 heteroatoms. The Morgan fingerprint density at radius 1 is 1.14 bits per heavy atom. The smallest absolute Gasteiger partial charge is 0.410 e. The number of benzene rings is 1. The maximum absolute atomic E-state index is 12.4. The minimum atomic E-state index is -0.231. The van der Waals surface area contributed by atoms with Crippen molar-refractivity contribution in [3.05, 3.63) is 35.9 Å². The Balaban J connectivity index is 1.62. The summed E-state index contributed by atoms with van der Waals surface area (Å²) in [6, 6.07) is 9.72. The number of Topliss-reactive ketones (excluding diaryl/α,β-unsaturated/α-hetero) is 1. The van der Waals surface area contributed by atoms with E-state index in [1.165, 1.54) is 0 Å². The van der Waals surface area contributed by atoms with Crippen LogP contribution in [0.4, 0.5) is 4.79 Å². The van der Waals surface area contributed by atoms with Gasteiger partial charge < -0.3 is 9.64 Å². The molecule has 2 aliphatic rings. The lowest BCUT2D eigenvalue weighted by Crippen LogP contribution is -2.49. The van der Waals surface area contributed by atoms with Gasteiger partial charge in [-0.05, 0) is 31.2 Å². The number of carbonyl (C=O) groups is 2. The Bertz CT molecular complexity index is 516. The van der Waals surface area contributed by atoms with Crippen molar-refractivity contribution in [1.29, 1.82) is 0 Å². The second-order valence-electron chi connectivity index (χ2n) is 6.06. The van der Waals surface area contributed by atoms with Crippen LogP contribution < -0.4 is 0 Å². The van der Waals surface area contributed by atoms with E-state index in [1.807, 2.05) is 35.2 Å². The average Bonchev–Trinajstić information content (AvgIpc) is 2.93. The predicted molar refractivity (Wildman–Crippen MR) is 78.8 cm³/mol. The Morgan fingerprint density at radius 3 is 2.57 bits per heavy atom. The number of carbonyl (C=O) groups excluding carboxylic acids is 2. The molecule has 0 aromatic heterocycles. The fourth-order valence-corrected chi connectivity index (χ4v) is 3.53. The van der Waals surface area contributed by atoms with Gasteiger partial charge in [0, 0.05) is 24.9 Å². The minimum absolute atomic E-state index is 0.123. The van der Waals surface area contributed by atoms with Crippen LogP contribution in [-0.4, -0.2) is 28.9 Å². The molecule has 21 heavy (non-hydrogen) atoms. The highest BCUT2D eigenvalue weighted by molar-refractivity contribution is 5.80. The van der Waals surface area contributed by atoms with Crippen molar-refractivity contribution in [3.63, 3.8) is 0 Å². The van der Waals surface area contributed by atoms with Crippen molar-refractivity contribution in [1.82, 2.24) is 4.90 Å². The van der Waals surface area contributed by atoms with E-state index >= 15 is 0 Å². The number of ketones is 1. The minimum Gasteiger partial charge on any atom is -0.445 e. The van der Waals surface area contributed by atoms with Gasteiger partial charge in [0.05, 0.1) is 0 Å². The maximum Gasteiger partial charge on any atom is 0.410 e. The summed E-state index contributed by atoms with van der Waals surface area (Å²) in [7, 11) is 0. The highest BCUT2D eigenvalue weighted by Gasteiger charge is 2.46. The molecule has 3 rings (SSSR count). The first-order valence-electron chi connectivity index (χ1n) is 7.70. The molecular weight excluding hydrogens is 266 g/mol. The summed E-state index contributed by atoms with van der Waals surface area (Å²) in [5, 5.41) is 0. The van der Waals surface area contributed by atoms with Gasteiger partial charge in [-0.25, -0.2) is 4.79 Å². The fraction of sp³-hybridized carbons (Fsp3) is 0.529. The quantitative estimate of drug-likeness (QED) is 0.838. The highest BCUT2D eigenvalue weighted by atomic mass is 16.6. The molecule has 1 aromatic rings. The van der Waals surface area contributed by atoms with Gasteiger partial charge in [-0.2, -0.15) is 0 Å². The highest BCUT2D eigenvalue weighted by Crippen LogP contribution is 2.41. The normalized spacial score (nSPS) is 20.8. The molecule has 1 spiro atoms. The summed E-state index contributed by atoms with van der Waals surface area (Å²) in [4.78, 5) is 25.7. The second kappa shape index (κ2) is 5.88. The number of nitrogens with zero attached hydrogens (tertiary/aromatic N) is 1. The lowest BCUT2D eigenvalue weighted by Gasteiger charge is -2.40. The van der Waals surface area contributed by atoms with Gasteiger partial charge in [-0.3, -0.25) is 4.79 Å². The third-order valence-electron chi connectivity index (χ3n) is 4.76. The van der Waals surface area contributed by atoms with E-state index in [4.69, 9.17) is 4.74 Å². The third-order valence-corrected chi connectivity index (χ3v) is 4.76. The van der Waals surface area contributed by atoms with Gasteiger partial charge in [-0.1, -0.05) is 30.3 Å². The largest absolute Gasteiger partial charge is 0.445 e. The molecule has 0 unspecified atom stereocenters. The zero-order chi connectivity index (χ0) is 14.7. The van der Waals surface area contributed by atoms with Crippen molar-refractivity contribution in [2.24, 2.45) is 0 Å². The van der Waals surface area contributed by atoms with Crippen LogP contribution in [0.3, 0.4) is 0 Å². The molecule has 1 aromatic carbocycles. The monoisotopic (exact) mass is 287 g/mol. The molecule has 2 fully saturated rings. The topological polar surface area (TPSA) is 46.6 Å². The Hall–Kier alpha value is -1.84. The molecule has 0 radical (unpaired) electrons. The molecule has 1 amide bonds. The van der Waals surface area contributed by atoms with Crippen molar-refractivity contribution in [3.8, 4) is 0 Å². The zero-order valence-corrected chi connectivity index (χ0v) is 12.2. The summed E-state index contributed by atoms with van der Waals surface area (Å²) in [5.41, 5.74) is 0.875. The number of amides is 1. The summed E-state index contributed by atoms with van der Waals surface area (Å²) in [6.45, 7) is 1.06. The van der Waals surface area contributed by atoms with Crippen LogP contribution in [0.15, 0.2) is 30.3 Å². The number of hydrogen-bond donors (Lipinski definition) is 0. The van der Waals surface area contributed by atoms with Crippen LogP contribution in [0, 0.1) is 0 Å². The van der Waals surface area contributed by atoms with E-state index in [-0.39, 0.29) is 11.6 Å². The van der Waals surface area contributed by atoms with Gasteiger partial charge in [0.2, 0.25) is 0 Å². The molecule has 112 valence electrons.